The zero-order valence-electron chi connectivity index (χ0n) is 23.3. The van der Waals surface area contributed by atoms with E-state index in [2.05, 4.69) is 33.8 Å². The number of benzene rings is 3. The van der Waals surface area contributed by atoms with Gasteiger partial charge in [0.1, 0.15) is 6.61 Å². The quantitative estimate of drug-likeness (QED) is 0.223. The van der Waals surface area contributed by atoms with E-state index in [9.17, 15) is 13.2 Å². The Morgan fingerprint density at radius 2 is 1.51 bits per heavy atom. The topological polar surface area (TPSA) is 19.0 Å². The number of anilines is 2. The zero-order valence-corrected chi connectivity index (χ0v) is 24.9. The number of ether oxygens (including phenoxy) is 1. The molecule has 1 fully saturated rings. The molecular weight excluding hydrogens is 564 g/mol. The van der Waals surface area contributed by atoms with Crippen LogP contribution < -0.4 is 4.90 Å². The van der Waals surface area contributed by atoms with Crippen molar-refractivity contribution in [3.05, 3.63) is 83.9 Å². The van der Waals surface area contributed by atoms with Gasteiger partial charge in [-0.3, -0.25) is 4.90 Å². The van der Waals surface area contributed by atoms with Gasteiger partial charge >= 0.3 is 6.18 Å². The van der Waals surface area contributed by atoms with Crippen LogP contribution in [0.3, 0.4) is 0 Å². The largest absolute Gasteiger partial charge is 0.485 e. The van der Waals surface area contributed by atoms with Crippen LogP contribution in [-0.2, 0) is 17.3 Å². The van der Waals surface area contributed by atoms with Gasteiger partial charge in [-0.25, -0.2) is 0 Å². The summed E-state index contributed by atoms with van der Waals surface area (Å²) < 4.78 is 46.4. The maximum atomic E-state index is 13.5. The highest BCUT2D eigenvalue weighted by Gasteiger charge is 2.33. The predicted molar refractivity (Wildman–Crippen MR) is 164 cm³/mol. The van der Waals surface area contributed by atoms with Crippen molar-refractivity contribution in [2.24, 2.45) is 5.92 Å². The van der Waals surface area contributed by atoms with Crippen LogP contribution in [0.2, 0.25) is 0 Å². The number of rotatable bonds is 10. The first-order chi connectivity index (χ1) is 19.8. The Balaban J connectivity index is 1.07. The molecule has 5 rings (SSSR count). The zero-order chi connectivity index (χ0) is 28.8. The van der Waals surface area contributed by atoms with E-state index in [0.717, 1.165) is 67.6 Å². The van der Waals surface area contributed by atoms with Crippen molar-refractivity contribution in [3.8, 4) is 0 Å². The Morgan fingerprint density at radius 1 is 0.854 bits per heavy atom. The lowest BCUT2D eigenvalue weighted by molar-refractivity contribution is -0.137. The summed E-state index contributed by atoms with van der Waals surface area (Å²) in [5, 5.41) is 0.675. The van der Waals surface area contributed by atoms with Crippen LogP contribution in [0.5, 0.6) is 0 Å². The van der Waals surface area contributed by atoms with Crippen LogP contribution in [0.1, 0.15) is 24.5 Å². The molecule has 0 amide bonds. The molecule has 2 aliphatic heterocycles. The predicted octanol–water partition coefficient (Wildman–Crippen LogP) is 7.54. The van der Waals surface area contributed by atoms with E-state index in [1.165, 1.54) is 29.5 Å². The second kappa shape index (κ2) is 13.6. The van der Waals surface area contributed by atoms with Gasteiger partial charge in [-0.05, 0) is 67.5 Å². The lowest BCUT2D eigenvalue weighted by atomic mass is 10.0. The van der Waals surface area contributed by atoms with Gasteiger partial charge < -0.3 is 14.5 Å². The van der Waals surface area contributed by atoms with Gasteiger partial charge in [0.05, 0.1) is 16.9 Å². The molecule has 41 heavy (non-hydrogen) atoms. The van der Waals surface area contributed by atoms with Crippen molar-refractivity contribution in [1.29, 1.82) is 0 Å². The number of hydrogen-bond donors (Lipinski definition) is 0. The molecule has 0 spiro atoms. The first-order valence-corrected chi connectivity index (χ1v) is 15.4. The van der Waals surface area contributed by atoms with Gasteiger partial charge in [0.15, 0.2) is 5.05 Å². The average Bonchev–Trinajstić information content (AvgIpc) is 2.97. The molecule has 3 aromatic carbocycles. The number of para-hydroxylation sites is 1. The molecule has 0 N–H and O–H groups in total. The van der Waals surface area contributed by atoms with Gasteiger partial charge in [0.25, 0.3) is 0 Å². The number of nitrogens with zero attached hydrogens (tertiary/aromatic N) is 3. The summed E-state index contributed by atoms with van der Waals surface area (Å²) in [6.45, 7) is 9.02. The van der Waals surface area contributed by atoms with Crippen LogP contribution in [-0.4, -0.2) is 67.3 Å². The molecule has 1 atom stereocenters. The highest BCUT2D eigenvalue weighted by atomic mass is 32.2. The SMILES string of the molecule is CC(Cc1ccccc1)C(=S)OCCN1CCN(CCCN2c3ccccc3Sc3ccc(C(F)(F)F)cc32)CC1. The van der Waals surface area contributed by atoms with E-state index in [1.807, 2.05) is 42.5 Å². The lowest BCUT2D eigenvalue weighted by Gasteiger charge is -2.36. The van der Waals surface area contributed by atoms with Crippen LogP contribution in [0.15, 0.2) is 82.6 Å². The molecule has 0 bridgehead atoms. The number of fused-ring (bicyclic) bond motifs is 2. The van der Waals surface area contributed by atoms with Crippen LogP contribution in [0, 0.1) is 5.92 Å². The smallest absolute Gasteiger partial charge is 0.416 e. The number of piperazine rings is 1. The van der Waals surface area contributed by atoms with Gasteiger partial charge in [0, 0.05) is 55.0 Å². The van der Waals surface area contributed by atoms with Gasteiger partial charge in [-0.2, -0.15) is 13.2 Å². The van der Waals surface area contributed by atoms with Crippen molar-refractivity contribution in [3.63, 3.8) is 0 Å². The van der Waals surface area contributed by atoms with Crippen molar-refractivity contribution in [1.82, 2.24) is 9.80 Å². The van der Waals surface area contributed by atoms with E-state index in [0.29, 0.717) is 23.9 Å². The maximum Gasteiger partial charge on any atom is 0.416 e. The molecule has 3 aromatic rings. The van der Waals surface area contributed by atoms with Crippen LogP contribution >= 0.6 is 24.0 Å². The molecule has 218 valence electrons. The molecule has 2 heterocycles. The molecular formula is C32H36F3N3OS2. The Labute approximate surface area is 250 Å². The molecule has 9 heteroatoms. The Hall–Kier alpha value is -2.59. The molecule has 1 saturated heterocycles. The van der Waals surface area contributed by atoms with E-state index in [4.69, 9.17) is 17.0 Å². The Kier molecular flexibility index (Phi) is 9.91. The Morgan fingerprint density at radius 3 is 2.24 bits per heavy atom. The minimum atomic E-state index is -4.36. The van der Waals surface area contributed by atoms with Gasteiger partial charge in [-0.15, -0.1) is 0 Å². The minimum absolute atomic E-state index is 0.196. The van der Waals surface area contributed by atoms with Crippen LogP contribution in [0.4, 0.5) is 24.5 Å². The third kappa shape index (κ3) is 7.83. The van der Waals surface area contributed by atoms with E-state index < -0.39 is 11.7 Å². The number of alkyl halides is 3. The van der Waals surface area contributed by atoms with Gasteiger partial charge in [-0.1, -0.05) is 61.2 Å². The summed E-state index contributed by atoms with van der Waals surface area (Å²) in [5.41, 5.74) is 2.28. The van der Waals surface area contributed by atoms with Gasteiger partial charge in [0.2, 0.25) is 0 Å². The van der Waals surface area contributed by atoms with Crippen molar-refractivity contribution < 1.29 is 17.9 Å². The molecule has 1 unspecified atom stereocenters. The van der Waals surface area contributed by atoms with Crippen LogP contribution in [0.25, 0.3) is 0 Å². The first kappa shape index (κ1) is 29.9. The summed E-state index contributed by atoms with van der Waals surface area (Å²) in [5.74, 6) is 0.196. The van der Waals surface area contributed by atoms with E-state index in [-0.39, 0.29) is 5.92 Å². The Bertz CT molecular complexity index is 1310. The number of hydrogen-bond acceptors (Lipinski definition) is 6. The minimum Gasteiger partial charge on any atom is -0.485 e. The first-order valence-electron chi connectivity index (χ1n) is 14.2. The monoisotopic (exact) mass is 599 g/mol. The molecule has 0 aromatic heterocycles. The lowest BCUT2D eigenvalue weighted by Crippen LogP contribution is -2.47. The summed E-state index contributed by atoms with van der Waals surface area (Å²) >= 11 is 7.06. The van der Waals surface area contributed by atoms with Crippen molar-refractivity contribution >= 4 is 40.4 Å². The van der Waals surface area contributed by atoms with Crippen molar-refractivity contribution in [2.45, 2.75) is 35.7 Å². The van der Waals surface area contributed by atoms with Crippen molar-refractivity contribution in [2.75, 3.05) is 57.3 Å². The summed E-state index contributed by atoms with van der Waals surface area (Å²) in [6, 6.07) is 22.4. The summed E-state index contributed by atoms with van der Waals surface area (Å²) in [6.07, 6.45) is -2.61. The normalized spacial score (nSPS) is 16.6. The highest BCUT2D eigenvalue weighted by Crippen LogP contribution is 2.49. The second-order valence-corrected chi connectivity index (χ2v) is 12.2. The average molecular weight is 600 g/mol. The van der Waals surface area contributed by atoms with E-state index >= 15 is 0 Å². The molecule has 0 aliphatic carbocycles. The third-order valence-electron chi connectivity index (χ3n) is 7.71. The molecule has 2 aliphatic rings. The maximum absolute atomic E-state index is 13.5. The number of thiocarbonyl (C=S) groups is 1. The summed E-state index contributed by atoms with van der Waals surface area (Å²) in [7, 11) is 0. The highest BCUT2D eigenvalue weighted by molar-refractivity contribution is 7.99. The molecule has 4 nitrogen and oxygen atoms in total. The fourth-order valence-electron chi connectivity index (χ4n) is 5.40. The molecule has 0 radical (unpaired) electrons. The summed E-state index contributed by atoms with van der Waals surface area (Å²) in [4.78, 5) is 8.85. The number of halogens is 3. The third-order valence-corrected chi connectivity index (χ3v) is 9.36. The fraction of sp³-hybridized carbons (Fsp3) is 0.406. The van der Waals surface area contributed by atoms with E-state index in [1.54, 1.807) is 6.07 Å². The second-order valence-electron chi connectivity index (χ2n) is 10.7. The standard InChI is InChI=1S/C32H36F3N3OS2/c1-24(22-25-8-3-2-4-9-25)31(40)39-21-20-37-18-16-36(17-19-37)14-7-15-38-27-10-5-6-11-29(27)41-30-13-12-26(23-28(30)38)32(33,34)35/h2-6,8-13,23-24H,7,14-22H2,1H3. The molecule has 0 saturated carbocycles. The fourth-order valence-corrected chi connectivity index (χ4v) is 6.65.